The van der Waals surface area contributed by atoms with E-state index < -0.39 is 0 Å². The van der Waals surface area contributed by atoms with Gasteiger partial charge in [-0.25, -0.2) is 4.79 Å². The number of carbonyl (C=O) groups excluding carboxylic acids is 1. The van der Waals surface area contributed by atoms with E-state index in [0.717, 1.165) is 18.5 Å². The highest BCUT2D eigenvalue weighted by Crippen LogP contribution is 2.27. The van der Waals surface area contributed by atoms with Gasteiger partial charge in [-0.3, -0.25) is 5.32 Å². The van der Waals surface area contributed by atoms with Gasteiger partial charge in [-0.1, -0.05) is 18.2 Å². The molecule has 0 radical (unpaired) electrons. The molecule has 2 aliphatic rings. The van der Waals surface area contributed by atoms with E-state index in [1.165, 1.54) is 38.9 Å². The molecule has 1 N–H and O–H groups in total. The van der Waals surface area contributed by atoms with Crippen molar-refractivity contribution < 1.29 is 9.53 Å². The maximum atomic E-state index is 11.7. The molecular weight excluding hydrogens is 252 g/mol. The molecule has 1 atom stereocenters. The first-order valence-corrected chi connectivity index (χ1v) is 7.60. The van der Waals surface area contributed by atoms with Crippen LogP contribution in [-0.2, 0) is 4.74 Å². The molecule has 1 fully saturated rings. The zero-order valence-electron chi connectivity index (χ0n) is 11.8. The van der Waals surface area contributed by atoms with E-state index in [1.54, 1.807) is 0 Å². The minimum Gasteiger partial charge on any atom is -0.439 e. The lowest BCUT2D eigenvalue weighted by atomic mass is 10.1. The van der Waals surface area contributed by atoms with E-state index in [1.807, 2.05) is 24.3 Å². The van der Waals surface area contributed by atoms with Crippen molar-refractivity contribution in [3.05, 3.63) is 35.4 Å². The van der Waals surface area contributed by atoms with Crippen LogP contribution in [0.4, 0.5) is 0 Å². The Kier molecular flexibility index (Phi) is 4.33. The fourth-order valence-electron chi connectivity index (χ4n) is 3.00. The van der Waals surface area contributed by atoms with E-state index in [2.05, 4.69) is 10.2 Å². The average Bonchev–Trinajstić information content (AvgIpc) is 3.08. The third-order valence-electron chi connectivity index (χ3n) is 4.12. The van der Waals surface area contributed by atoms with Gasteiger partial charge in [-0.05, 0) is 57.9 Å². The minimum absolute atomic E-state index is 0.213. The highest BCUT2D eigenvalue weighted by Gasteiger charge is 2.29. The summed E-state index contributed by atoms with van der Waals surface area (Å²) in [5, 5.41) is 3.33. The second-order valence-electron chi connectivity index (χ2n) is 5.58. The van der Waals surface area contributed by atoms with Crippen LogP contribution in [0.2, 0.25) is 0 Å². The van der Waals surface area contributed by atoms with Gasteiger partial charge in [0.1, 0.15) is 0 Å². The molecule has 0 bridgehead atoms. The van der Waals surface area contributed by atoms with Crippen LogP contribution >= 0.6 is 0 Å². The monoisotopic (exact) mass is 274 g/mol. The molecule has 1 unspecified atom stereocenters. The first-order chi connectivity index (χ1) is 9.84. The van der Waals surface area contributed by atoms with E-state index in [4.69, 9.17) is 4.74 Å². The summed E-state index contributed by atoms with van der Waals surface area (Å²) in [6.45, 7) is 4.62. The largest absolute Gasteiger partial charge is 0.439 e. The highest BCUT2D eigenvalue weighted by molar-refractivity contribution is 5.93. The Balaban J connectivity index is 1.40. The van der Waals surface area contributed by atoms with Crippen molar-refractivity contribution >= 4 is 5.97 Å². The van der Waals surface area contributed by atoms with Crippen molar-refractivity contribution in [1.29, 1.82) is 0 Å². The topological polar surface area (TPSA) is 41.6 Å². The minimum atomic E-state index is -0.259. The first kappa shape index (κ1) is 13.6. The number of nitrogens with zero attached hydrogens (tertiary/aromatic N) is 1. The number of fused-ring (bicyclic) bond motifs is 1. The fourth-order valence-corrected chi connectivity index (χ4v) is 3.00. The Labute approximate surface area is 120 Å². The Morgan fingerprint density at radius 1 is 1.20 bits per heavy atom. The molecule has 0 aromatic heterocycles. The summed E-state index contributed by atoms with van der Waals surface area (Å²) in [6, 6.07) is 7.61. The SMILES string of the molecule is O=C1OC(NCCCCN2CCCC2)c2ccccc21. The van der Waals surface area contributed by atoms with Crippen molar-refractivity contribution in [2.45, 2.75) is 31.9 Å². The summed E-state index contributed by atoms with van der Waals surface area (Å²) in [5.41, 5.74) is 1.67. The lowest BCUT2D eigenvalue weighted by Crippen LogP contribution is -2.24. The predicted octanol–water partition coefficient (Wildman–Crippen LogP) is 2.32. The van der Waals surface area contributed by atoms with Crippen LogP contribution in [0, 0.1) is 0 Å². The number of rotatable bonds is 6. The molecule has 0 saturated carbocycles. The Morgan fingerprint density at radius 3 is 2.85 bits per heavy atom. The lowest BCUT2D eigenvalue weighted by molar-refractivity contribution is 0.0308. The third-order valence-corrected chi connectivity index (χ3v) is 4.12. The number of hydrogen-bond acceptors (Lipinski definition) is 4. The van der Waals surface area contributed by atoms with Crippen molar-refractivity contribution in [2.75, 3.05) is 26.2 Å². The second-order valence-corrected chi connectivity index (χ2v) is 5.58. The zero-order valence-corrected chi connectivity index (χ0v) is 11.8. The molecule has 0 aliphatic carbocycles. The highest BCUT2D eigenvalue weighted by atomic mass is 16.6. The first-order valence-electron chi connectivity index (χ1n) is 7.60. The number of likely N-dealkylation sites (tertiary alicyclic amines) is 1. The quantitative estimate of drug-likeness (QED) is 0.638. The summed E-state index contributed by atoms with van der Waals surface area (Å²) in [7, 11) is 0. The van der Waals surface area contributed by atoms with E-state index in [9.17, 15) is 4.79 Å². The number of esters is 1. The summed E-state index contributed by atoms with van der Waals surface area (Å²) in [4.78, 5) is 14.2. The molecule has 3 rings (SSSR count). The Hall–Kier alpha value is -1.39. The molecule has 0 amide bonds. The molecule has 4 nitrogen and oxygen atoms in total. The van der Waals surface area contributed by atoms with Gasteiger partial charge in [0, 0.05) is 5.56 Å². The van der Waals surface area contributed by atoms with E-state index in [0.29, 0.717) is 5.56 Å². The lowest BCUT2D eigenvalue weighted by Gasteiger charge is -2.15. The van der Waals surface area contributed by atoms with Crippen molar-refractivity contribution in [3.63, 3.8) is 0 Å². The number of carbonyl (C=O) groups is 1. The van der Waals surface area contributed by atoms with Crippen LogP contribution in [-0.4, -0.2) is 37.0 Å². The molecule has 4 heteroatoms. The Bertz CT molecular complexity index is 469. The maximum absolute atomic E-state index is 11.7. The van der Waals surface area contributed by atoms with Gasteiger partial charge in [0.25, 0.3) is 0 Å². The molecule has 1 saturated heterocycles. The molecule has 20 heavy (non-hydrogen) atoms. The van der Waals surface area contributed by atoms with Crippen LogP contribution in [0.1, 0.15) is 47.8 Å². The van der Waals surface area contributed by atoms with E-state index in [-0.39, 0.29) is 12.2 Å². The van der Waals surface area contributed by atoms with Gasteiger partial charge < -0.3 is 9.64 Å². The molecule has 2 aliphatic heterocycles. The average molecular weight is 274 g/mol. The van der Waals surface area contributed by atoms with Gasteiger partial charge in [-0.2, -0.15) is 0 Å². The van der Waals surface area contributed by atoms with Crippen LogP contribution < -0.4 is 5.32 Å². The fraction of sp³-hybridized carbons (Fsp3) is 0.562. The van der Waals surface area contributed by atoms with Gasteiger partial charge in [-0.15, -0.1) is 0 Å². The summed E-state index contributed by atoms with van der Waals surface area (Å²) in [6.07, 6.45) is 4.77. The molecule has 1 aromatic rings. The summed E-state index contributed by atoms with van der Waals surface area (Å²) in [5.74, 6) is -0.213. The number of benzene rings is 1. The smallest absolute Gasteiger partial charge is 0.340 e. The van der Waals surface area contributed by atoms with Crippen LogP contribution in [0.3, 0.4) is 0 Å². The third kappa shape index (κ3) is 3.02. The molecule has 0 spiro atoms. The van der Waals surface area contributed by atoms with Gasteiger partial charge in [0.2, 0.25) is 0 Å². The summed E-state index contributed by atoms with van der Waals surface area (Å²) >= 11 is 0. The number of nitrogens with one attached hydrogen (secondary N) is 1. The second kappa shape index (κ2) is 6.37. The standard InChI is InChI=1S/C16H22N2O2/c19-16-14-8-2-1-7-13(14)15(20-16)17-9-3-4-10-18-11-5-6-12-18/h1-2,7-8,15,17H,3-6,9-12H2. The number of unbranched alkanes of at least 4 members (excludes halogenated alkanes) is 1. The normalized spacial score (nSPS) is 22.0. The molecule has 1 aromatic carbocycles. The van der Waals surface area contributed by atoms with Gasteiger partial charge in [0.15, 0.2) is 6.23 Å². The van der Waals surface area contributed by atoms with E-state index >= 15 is 0 Å². The summed E-state index contributed by atoms with van der Waals surface area (Å²) < 4.78 is 5.35. The van der Waals surface area contributed by atoms with Crippen molar-refractivity contribution in [3.8, 4) is 0 Å². The van der Waals surface area contributed by atoms with Crippen molar-refractivity contribution in [1.82, 2.24) is 10.2 Å². The molecule has 108 valence electrons. The molecule has 2 heterocycles. The van der Waals surface area contributed by atoms with Crippen molar-refractivity contribution in [2.24, 2.45) is 0 Å². The zero-order chi connectivity index (χ0) is 13.8. The number of ether oxygens (including phenoxy) is 1. The van der Waals surface area contributed by atoms with Gasteiger partial charge >= 0.3 is 5.97 Å². The van der Waals surface area contributed by atoms with Crippen LogP contribution in [0.25, 0.3) is 0 Å². The van der Waals surface area contributed by atoms with Gasteiger partial charge in [0.05, 0.1) is 5.56 Å². The van der Waals surface area contributed by atoms with Crippen LogP contribution in [0.15, 0.2) is 24.3 Å². The number of cyclic esters (lactones) is 1. The molecular formula is C16H22N2O2. The predicted molar refractivity (Wildman–Crippen MR) is 77.5 cm³/mol. The Morgan fingerprint density at radius 2 is 2.00 bits per heavy atom. The van der Waals surface area contributed by atoms with Crippen LogP contribution in [0.5, 0.6) is 0 Å². The number of hydrogen-bond donors (Lipinski definition) is 1. The maximum Gasteiger partial charge on any atom is 0.340 e.